The topological polar surface area (TPSA) is 32.6 Å². The van der Waals surface area contributed by atoms with Crippen LogP contribution in [0.5, 0.6) is 5.75 Å². The molecule has 0 aliphatic heterocycles. The number of rotatable bonds is 2. The van der Waals surface area contributed by atoms with Gasteiger partial charge in [-0.25, -0.2) is 0 Å². The van der Waals surface area contributed by atoms with Crippen molar-refractivity contribution in [2.24, 2.45) is 4.99 Å². The van der Waals surface area contributed by atoms with E-state index in [1.54, 1.807) is 6.21 Å². The van der Waals surface area contributed by atoms with Crippen LogP contribution in [-0.4, -0.2) is 11.3 Å². The average molecular weight is 499 g/mol. The highest BCUT2D eigenvalue weighted by Gasteiger charge is 2.05. The standard InChI is InChI=1S/C17H11I2NO/c18-13-8-12(17(21)15(19)9-13)10-20-16-7-3-5-11-4-1-2-6-14(11)16/h1-10,21H. The van der Waals surface area contributed by atoms with Crippen LogP contribution >= 0.6 is 45.2 Å². The minimum atomic E-state index is 0.278. The van der Waals surface area contributed by atoms with Gasteiger partial charge in [-0.3, -0.25) is 4.99 Å². The Kier molecular flexibility index (Phi) is 4.44. The maximum Gasteiger partial charge on any atom is 0.137 e. The van der Waals surface area contributed by atoms with Crippen LogP contribution in [-0.2, 0) is 0 Å². The summed E-state index contributed by atoms with van der Waals surface area (Å²) in [6.45, 7) is 0. The molecular weight excluding hydrogens is 488 g/mol. The molecule has 3 aromatic rings. The first kappa shape index (κ1) is 14.8. The summed E-state index contributed by atoms with van der Waals surface area (Å²) >= 11 is 4.37. The van der Waals surface area contributed by atoms with Gasteiger partial charge in [0.15, 0.2) is 0 Å². The highest BCUT2D eigenvalue weighted by Crippen LogP contribution is 2.28. The Hall–Kier alpha value is -1.15. The third-order valence-electron chi connectivity index (χ3n) is 3.17. The van der Waals surface area contributed by atoms with Crippen molar-refractivity contribution in [2.45, 2.75) is 0 Å². The molecule has 0 aromatic heterocycles. The fraction of sp³-hybridized carbons (Fsp3) is 0. The van der Waals surface area contributed by atoms with Crippen LogP contribution in [0.1, 0.15) is 5.56 Å². The fourth-order valence-electron chi connectivity index (χ4n) is 2.14. The first-order chi connectivity index (χ1) is 10.1. The molecule has 0 unspecified atom stereocenters. The van der Waals surface area contributed by atoms with Gasteiger partial charge in [0.1, 0.15) is 5.75 Å². The minimum Gasteiger partial charge on any atom is -0.506 e. The molecular formula is C17H11I2NO. The van der Waals surface area contributed by atoms with Crippen LogP contribution in [0.15, 0.2) is 59.6 Å². The summed E-state index contributed by atoms with van der Waals surface area (Å²) in [7, 11) is 0. The molecule has 3 rings (SSSR count). The molecule has 0 spiro atoms. The third-order valence-corrected chi connectivity index (χ3v) is 4.61. The maximum atomic E-state index is 10.1. The molecule has 0 radical (unpaired) electrons. The molecule has 0 amide bonds. The van der Waals surface area contributed by atoms with E-state index >= 15 is 0 Å². The van der Waals surface area contributed by atoms with Gasteiger partial charge in [0, 0.05) is 20.7 Å². The summed E-state index contributed by atoms with van der Waals surface area (Å²) in [4.78, 5) is 4.56. The predicted molar refractivity (Wildman–Crippen MR) is 105 cm³/mol. The summed E-state index contributed by atoms with van der Waals surface area (Å²) in [5.41, 5.74) is 1.64. The van der Waals surface area contributed by atoms with Crippen molar-refractivity contribution in [3.63, 3.8) is 0 Å². The van der Waals surface area contributed by atoms with Crippen molar-refractivity contribution in [3.05, 3.63) is 67.3 Å². The normalized spacial score (nSPS) is 11.3. The fourth-order valence-corrected chi connectivity index (χ4v) is 4.03. The lowest BCUT2D eigenvalue weighted by molar-refractivity contribution is 0.470. The number of fused-ring (bicyclic) bond motifs is 1. The molecule has 0 bridgehead atoms. The van der Waals surface area contributed by atoms with Crippen molar-refractivity contribution in [3.8, 4) is 5.75 Å². The van der Waals surface area contributed by atoms with Crippen LogP contribution < -0.4 is 0 Å². The van der Waals surface area contributed by atoms with Gasteiger partial charge in [0.05, 0.1) is 9.26 Å². The van der Waals surface area contributed by atoms with Gasteiger partial charge in [-0.1, -0.05) is 36.4 Å². The summed E-state index contributed by atoms with van der Waals surface area (Å²) in [6, 6.07) is 18.1. The lowest BCUT2D eigenvalue weighted by Gasteiger charge is -2.04. The third kappa shape index (κ3) is 3.21. The molecule has 0 fully saturated rings. The lowest BCUT2D eigenvalue weighted by Crippen LogP contribution is -1.87. The number of hydrogen-bond donors (Lipinski definition) is 1. The molecule has 0 aliphatic carbocycles. The monoisotopic (exact) mass is 499 g/mol. The minimum absolute atomic E-state index is 0.278. The summed E-state index contributed by atoms with van der Waals surface area (Å²) in [5.74, 6) is 0.278. The van der Waals surface area contributed by atoms with Crippen LogP contribution in [0.25, 0.3) is 10.8 Å². The Labute approximate surface area is 150 Å². The second-order valence-corrected chi connectivity index (χ2v) is 6.99. The van der Waals surface area contributed by atoms with E-state index in [1.807, 2.05) is 36.4 Å². The van der Waals surface area contributed by atoms with Gasteiger partial charge in [0.25, 0.3) is 0 Å². The number of phenolic OH excluding ortho intramolecular Hbond substituents is 1. The smallest absolute Gasteiger partial charge is 0.137 e. The molecule has 0 heterocycles. The predicted octanol–water partition coefficient (Wildman–Crippen LogP) is 5.51. The van der Waals surface area contributed by atoms with E-state index in [1.165, 1.54) is 0 Å². The Balaban J connectivity index is 2.06. The Morgan fingerprint density at radius 2 is 1.71 bits per heavy atom. The number of phenols is 1. The van der Waals surface area contributed by atoms with Crippen LogP contribution in [0.2, 0.25) is 0 Å². The number of aromatic hydroxyl groups is 1. The Morgan fingerprint density at radius 3 is 2.57 bits per heavy atom. The molecule has 0 atom stereocenters. The van der Waals surface area contributed by atoms with Crippen molar-refractivity contribution >= 4 is 67.9 Å². The molecule has 104 valence electrons. The molecule has 4 heteroatoms. The largest absolute Gasteiger partial charge is 0.506 e. The molecule has 21 heavy (non-hydrogen) atoms. The lowest BCUT2D eigenvalue weighted by atomic mass is 10.1. The van der Waals surface area contributed by atoms with Crippen LogP contribution in [0.4, 0.5) is 5.69 Å². The first-order valence-corrected chi connectivity index (χ1v) is 8.51. The van der Waals surface area contributed by atoms with Gasteiger partial charge in [-0.2, -0.15) is 0 Å². The zero-order valence-electron chi connectivity index (χ0n) is 10.9. The number of hydrogen-bond acceptors (Lipinski definition) is 2. The second-order valence-electron chi connectivity index (χ2n) is 4.58. The van der Waals surface area contributed by atoms with E-state index in [2.05, 4.69) is 68.4 Å². The Bertz CT molecular complexity index is 838. The van der Waals surface area contributed by atoms with E-state index in [0.717, 1.165) is 29.2 Å². The van der Waals surface area contributed by atoms with E-state index in [9.17, 15) is 5.11 Å². The van der Waals surface area contributed by atoms with Gasteiger partial charge < -0.3 is 5.11 Å². The number of nitrogens with zero attached hydrogens (tertiary/aromatic N) is 1. The maximum absolute atomic E-state index is 10.1. The van der Waals surface area contributed by atoms with E-state index in [-0.39, 0.29) is 5.75 Å². The molecule has 0 aliphatic rings. The highest BCUT2D eigenvalue weighted by atomic mass is 127. The van der Waals surface area contributed by atoms with Crippen molar-refractivity contribution in [1.82, 2.24) is 0 Å². The van der Waals surface area contributed by atoms with Crippen molar-refractivity contribution in [1.29, 1.82) is 0 Å². The van der Waals surface area contributed by atoms with Gasteiger partial charge in [-0.05, 0) is 68.8 Å². The highest BCUT2D eigenvalue weighted by molar-refractivity contribution is 14.1. The van der Waals surface area contributed by atoms with Gasteiger partial charge >= 0.3 is 0 Å². The summed E-state index contributed by atoms with van der Waals surface area (Å²) in [5, 5.41) is 12.4. The quantitative estimate of drug-likeness (QED) is 0.367. The zero-order valence-corrected chi connectivity index (χ0v) is 15.2. The molecule has 1 N–H and O–H groups in total. The second kappa shape index (κ2) is 6.31. The Morgan fingerprint density at radius 1 is 0.952 bits per heavy atom. The van der Waals surface area contributed by atoms with E-state index < -0.39 is 0 Å². The van der Waals surface area contributed by atoms with Gasteiger partial charge in [0.2, 0.25) is 0 Å². The number of aliphatic imine (C=N–C) groups is 1. The molecule has 0 saturated heterocycles. The van der Waals surface area contributed by atoms with Crippen molar-refractivity contribution in [2.75, 3.05) is 0 Å². The van der Waals surface area contributed by atoms with Crippen LogP contribution in [0, 0.1) is 7.14 Å². The number of halogens is 2. The van der Waals surface area contributed by atoms with Crippen LogP contribution in [0.3, 0.4) is 0 Å². The summed E-state index contributed by atoms with van der Waals surface area (Å²) in [6.07, 6.45) is 1.72. The average Bonchev–Trinajstić information content (AvgIpc) is 2.49. The van der Waals surface area contributed by atoms with E-state index in [4.69, 9.17) is 0 Å². The first-order valence-electron chi connectivity index (χ1n) is 6.35. The van der Waals surface area contributed by atoms with Crippen molar-refractivity contribution < 1.29 is 5.11 Å². The summed E-state index contributed by atoms with van der Waals surface area (Å²) < 4.78 is 1.91. The zero-order chi connectivity index (χ0) is 14.8. The molecule has 2 nitrogen and oxygen atoms in total. The van der Waals surface area contributed by atoms with Gasteiger partial charge in [-0.15, -0.1) is 0 Å². The molecule has 3 aromatic carbocycles. The SMILES string of the molecule is Oc1c(I)cc(I)cc1C=Nc1cccc2ccccc12. The molecule has 0 saturated carbocycles. The number of benzene rings is 3. The van der Waals surface area contributed by atoms with E-state index in [0.29, 0.717) is 0 Å².